The van der Waals surface area contributed by atoms with Gasteiger partial charge in [0.1, 0.15) is 18.3 Å². The molecule has 0 aromatic rings. The van der Waals surface area contributed by atoms with E-state index in [1.807, 2.05) is 0 Å². The van der Waals surface area contributed by atoms with Crippen molar-refractivity contribution in [1.29, 1.82) is 0 Å². The molecule has 0 rings (SSSR count). The van der Waals surface area contributed by atoms with E-state index in [1.165, 1.54) is 0 Å². The Bertz CT molecular complexity index is 430. The van der Waals surface area contributed by atoms with Crippen molar-refractivity contribution >= 4 is 15.6 Å². The van der Waals surface area contributed by atoms with E-state index < -0.39 is 59.6 Å². The van der Waals surface area contributed by atoms with Gasteiger partial charge in [0.2, 0.25) is 0 Å². The Morgan fingerprint density at radius 3 is 1.83 bits per heavy atom. The summed E-state index contributed by atoms with van der Waals surface area (Å²) in [4.78, 5) is 34.4. The summed E-state index contributed by atoms with van der Waals surface area (Å²) in [6.45, 7) is -0.963. The van der Waals surface area contributed by atoms with E-state index in [4.69, 9.17) is 29.4 Å². The van der Waals surface area contributed by atoms with Crippen LogP contribution in [0.2, 0.25) is 0 Å². The minimum Gasteiger partial charge on any atom is -0.393 e. The van der Waals surface area contributed by atoms with Crippen molar-refractivity contribution in [3.05, 3.63) is 0 Å². The van der Waals surface area contributed by atoms with Crippen LogP contribution in [0.25, 0.3) is 0 Å². The minimum atomic E-state index is -5.16. The van der Waals surface area contributed by atoms with Crippen LogP contribution in [0.5, 0.6) is 0 Å². The van der Waals surface area contributed by atoms with E-state index in [0.29, 0.717) is 0 Å². The van der Waals surface area contributed by atoms with Crippen molar-refractivity contribution in [1.82, 2.24) is 0 Å². The number of phosphoric acid groups is 2. The number of hydrogen-bond acceptors (Lipinski definition) is 9. The van der Waals surface area contributed by atoms with Crippen LogP contribution in [0, 0.1) is 0 Å². The third kappa shape index (κ3) is 10.5. The second kappa shape index (κ2) is 9.49. The Labute approximate surface area is 130 Å². The summed E-state index contributed by atoms with van der Waals surface area (Å²) in [5.41, 5.74) is 0. The first-order chi connectivity index (χ1) is 10.3. The van der Waals surface area contributed by atoms with E-state index in [9.17, 15) is 24.4 Å². The van der Waals surface area contributed by atoms with Crippen LogP contribution in [0.15, 0.2) is 0 Å². The quantitative estimate of drug-likeness (QED) is 0.131. The third-order valence-electron chi connectivity index (χ3n) is 2.30. The van der Waals surface area contributed by atoms with Crippen molar-refractivity contribution in [2.75, 3.05) is 13.2 Å². The fourth-order valence-corrected chi connectivity index (χ4v) is 2.16. The molecule has 0 aliphatic heterocycles. The zero-order chi connectivity index (χ0) is 18.4. The Morgan fingerprint density at radius 1 is 0.957 bits per heavy atom. The lowest BCUT2D eigenvalue weighted by Gasteiger charge is -2.31. The Morgan fingerprint density at radius 2 is 1.48 bits per heavy atom. The van der Waals surface area contributed by atoms with Gasteiger partial charge in [-0.2, -0.15) is 0 Å². The number of phosphoric ester groups is 2. The van der Waals surface area contributed by atoms with Gasteiger partial charge in [-0.25, -0.2) is 9.13 Å². The number of aliphatic hydroxyl groups excluding tert-OH is 4. The summed E-state index contributed by atoms with van der Waals surface area (Å²) in [6, 6.07) is 0. The predicted octanol–water partition coefficient (Wildman–Crippen LogP) is -2.99. The predicted molar refractivity (Wildman–Crippen MR) is 70.6 cm³/mol. The Kier molecular flexibility index (Phi) is 9.50. The standard InChI is InChI=1S/C8H20O13P2/c1-4(10)7(6(12)3-19-22(13,14)15)20-8(5(11)2-9)21-23(16,17)18/h4-12H,2-3H2,1H3,(H2,13,14,15)(H2,16,17,18)/t4-,5+,6+,7?,8?/m0/s1. The Hall–Kier alpha value is 0.0200. The lowest BCUT2D eigenvalue weighted by Crippen LogP contribution is -2.47. The number of rotatable bonds is 11. The SMILES string of the molecule is C[C@H](O)C(OC(OP(=O)(O)O)[C@H](O)CO)[C@H](O)COP(=O)(O)O. The molecular formula is C8H20O13P2. The number of hydrogen-bond donors (Lipinski definition) is 8. The van der Waals surface area contributed by atoms with Gasteiger partial charge in [-0.15, -0.1) is 0 Å². The first-order valence-corrected chi connectivity index (χ1v) is 9.07. The maximum absolute atomic E-state index is 10.8. The molecule has 0 spiro atoms. The molecule has 0 aliphatic carbocycles. The summed E-state index contributed by atoms with van der Waals surface area (Å²) >= 11 is 0. The molecule has 0 saturated heterocycles. The molecule has 8 N–H and O–H groups in total. The topological polar surface area (TPSA) is 224 Å². The average molecular weight is 386 g/mol. The third-order valence-corrected chi connectivity index (χ3v) is 3.27. The summed E-state index contributed by atoms with van der Waals surface area (Å²) in [6.07, 6.45) is -9.21. The average Bonchev–Trinajstić information content (AvgIpc) is 2.37. The molecule has 0 amide bonds. The minimum absolute atomic E-state index is 1.00. The van der Waals surface area contributed by atoms with E-state index in [2.05, 4.69) is 9.05 Å². The maximum Gasteiger partial charge on any atom is 0.472 e. The molecule has 13 nitrogen and oxygen atoms in total. The fraction of sp³-hybridized carbons (Fsp3) is 1.00. The molecule has 23 heavy (non-hydrogen) atoms. The largest absolute Gasteiger partial charge is 0.472 e. The van der Waals surface area contributed by atoms with Gasteiger partial charge in [-0.3, -0.25) is 9.05 Å². The van der Waals surface area contributed by atoms with Gasteiger partial charge < -0.3 is 44.7 Å². The molecule has 0 aromatic heterocycles. The highest BCUT2D eigenvalue weighted by Crippen LogP contribution is 2.39. The van der Waals surface area contributed by atoms with Crippen molar-refractivity contribution in [2.24, 2.45) is 0 Å². The van der Waals surface area contributed by atoms with E-state index in [0.717, 1.165) is 6.92 Å². The van der Waals surface area contributed by atoms with Crippen LogP contribution < -0.4 is 0 Å². The van der Waals surface area contributed by atoms with Crippen LogP contribution in [-0.4, -0.2) is 83.9 Å². The highest BCUT2D eigenvalue weighted by atomic mass is 31.2. The second-order valence-corrected chi connectivity index (χ2v) is 6.84. The second-order valence-electron chi connectivity index (χ2n) is 4.41. The normalized spacial score (nSPS) is 19.9. The molecule has 0 aromatic carbocycles. The molecule has 0 heterocycles. The summed E-state index contributed by atoms with van der Waals surface area (Å²) in [7, 11) is -10.1. The van der Waals surface area contributed by atoms with Crippen molar-refractivity contribution in [3.63, 3.8) is 0 Å². The monoisotopic (exact) mass is 386 g/mol. The smallest absolute Gasteiger partial charge is 0.393 e. The highest BCUT2D eigenvalue weighted by molar-refractivity contribution is 7.46. The molecular weight excluding hydrogens is 366 g/mol. The zero-order valence-electron chi connectivity index (χ0n) is 11.8. The van der Waals surface area contributed by atoms with Crippen molar-refractivity contribution in [2.45, 2.75) is 37.6 Å². The zero-order valence-corrected chi connectivity index (χ0v) is 13.6. The van der Waals surface area contributed by atoms with Crippen LogP contribution in [-0.2, 0) is 22.9 Å². The molecule has 2 unspecified atom stereocenters. The van der Waals surface area contributed by atoms with Crippen molar-refractivity contribution in [3.8, 4) is 0 Å². The van der Waals surface area contributed by atoms with Gasteiger partial charge in [-0.1, -0.05) is 0 Å². The molecule has 0 saturated carbocycles. The van der Waals surface area contributed by atoms with Gasteiger partial charge >= 0.3 is 15.6 Å². The van der Waals surface area contributed by atoms with E-state index in [1.54, 1.807) is 0 Å². The maximum atomic E-state index is 10.8. The van der Waals surface area contributed by atoms with E-state index >= 15 is 0 Å². The first kappa shape index (κ1) is 23.0. The lowest BCUT2D eigenvalue weighted by molar-refractivity contribution is -0.226. The molecule has 0 radical (unpaired) electrons. The molecule has 0 fully saturated rings. The lowest BCUT2D eigenvalue weighted by atomic mass is 10.1. The molecule has 140 valence electrons. The van der Waals surface area contributed by atoms with Gasteiger partial charge in [-0.05, 0) is 6.92 Å². The first-order valence-electron chi connectivity index (χ1n) is 6.01. The Balaban J connectivity index is 5.04. The molecule has 5 atom stereocenters. The summed E-state index contributed by atoms with van der Waals surface area (Å²) in [5, 5.41) is 37.4. The summed E-state index contributed by atoms with van der Waals surface area (Å²) < 4.78 is 34.2. The van der Waals surface area contributed by atoms with Gasteiger partial charge in [0, 0.05) is 0 Å². The van der Waals surface area contributed by atoms with Crippen LogP contribution in [0.1, 0.15) is 6.92 Å². The van der Waals surface area contributed by atoms with Gasteiger partial charge in [0.25, 0.3) is 0 Å². The van der Waals surface area contributed by atoms with Crippen LogP contribution >= 0.6 is 15.6 Å². The van der Waals surface area contributed by atoms with Crippen LogP contribution in [0.4, 0.5) is 0 Å². The summed E-state index contributed by atoms with van der Waals surface area (Å²) in [5.74, 6) is 0. The van der Waals surface area contributed by atoms with Crippen molar-refractivity contribution < 1.29 is 62.9 Å². The van der Waals surface area contributed by atoms with Gasteiger partial charge in [0.15, 0.2) is 6.29 Å². The molecule has 0 bridgehead atoms. The molecule has 15 heteroatoms. The number of aliphatic hydroxyl groups is 4. The molecule has 0 aliphatic rings. The highest BCUT2D eigenvalue weighted by Gasteiger charge is 2.36. The van der Waals surface area contributed by atoms with Gasteiger partial charge in [0.05, 0.1) is 19.3 Å². The number of ether oxygens (including phenoxy) is 1. The fourth-order valence-electron chi connectivity index (χ4n) is 1.36. The van der Waals surface area contributed by atoms with E-state index in [-0.39, 0.29) is 0 Å². The van der Waals surface area contributed by atoms with Crippen LogP contribution in [0.3, 0.4) is 0 Å².